The molecule has 4 rings (SSSR count). The van der Waals surface area contributed by atoms with Crippen molar-refractivity contribution in [2.24, 2.45) is 0 Å². The Hall–Kier alpha value is -2.65. The Labute approximate surface area is 151 Å². The van der Waals surface area contributed by atoms with Gasteiger partial charge in [0.1, 0.15) is 0 Å². The number of fused-ring (bicyclic) bond motifs is 2. The Bertz CT molecular complexity index is 1000. The van der Waals surface area contributed by atoms with Crippen LogP contribution in [0.15, 0.2) is 65.4 Å². The summed E-state index contributed by atoms with van der Waals surface area (Å²) in [6.45, 7) is 3.42. The van der Waals surface area contributed by atoms with Crippen molar-refractivity contribution >= 4 is 28.9 Å². The van der Waals surface area contributed by atoms with Crippen LogP contribution in [0.1, 0.15) is 41.3 Å². The number of halogens is 1. The summed E-state index contributed by atoms with van der Waals surface area (Å²) >= 11 is 6.18. The van der Waals surface area contributed by atoms with Crippen molar-refractivity contribution in [3.05, 3.63) is 87.1 Å². The number of carbonyl (C=O) groups excluding carboxylic acids is 2. The van der Waals surface area contributed by atoms with E-state index in [2.05, 4.69) is 5.32 Å². The molecule has 2 aromatic rings. The minimum absolute atomic E-state index is 0.0330. The molecule has 1 N–H and O–H groups in total. The number of hydrogen-bond acceptors (Lipinski definition) is 3. The molecule has 25 heavy (non-hydrogen) atoms. The predicted octanol–water partition coefficient (Wildman–Crippen LogP) is 4.50. The number of benzene rings is 2. The second-order valence-electron chi connectivity index (χ2n) is 6.37. The minimum Gasteiger partial charge on any atom is -0.358 e. The SMILES string of the molecule is CC(=O)C1=C(C)NC2=C(C(=O)c3ccccc32)C1c1cccc(Cl)c1. The number of ketones is 2. The third kappa shape index (κ3) is 2.35. The smallest absolute Gasteiger partial charge is 0.192 e. The molecule has 1 unspecified atom stereocenters. The fourth-order valence-electron chi connectivity index (χ4n) is 3.82. The molecule has 3 nitrogen and oxygen atoms in total. The second-order valence-corrected chi connectivity index (χ2v) is 6.81. The van der Waals surface area contributed by atoms with Crippen LogP contribution in [-0.2, 0) is 4.79 Å². The van der Waals surface area contributed by atoms with E-state index in [4.69, 9.17) is 11.6 Å². The van der Waals surface area contributed by atoms with Crippen molar-refractivity contribution in [2.75, 3.05) is 0 Å². The van der Waals surface area contributed by atoms with Gasteiger partial charge in [-0.05, 0) is 31.5 Å². The monoisotopic (exact) mass is 349 g/mol. The fourth-order valence-corrected chi connectivity index (χ4v) is 4.01. The summed E-state index contributed by atoms with van der Waals surface area (Å²) in [6, 6.07) is 14.9. The Kier molecular flexibility index (Phi) is 3.62. The lowest BCUT2D eigenvalue weighted by molar-refractivity contribution is -0.113. The van der Waals surface area contributed by atoms with Crippen molar-refractivity contribution in [3.8, 4) is 0 Å². The van der Waals surface area contributed by atoms with Crippen LogP contribution in [0.3, 0.4) is 0 Å². The fraction of sp³-hybridized carbons (Fsp3) is 0.143. The average Bonchev–Trinajstić information content (AvgIpc) is 2.86. The molecule has 0 fully saturated rings. The zero-order chi connectivity index (χ0) is 17.7. The number of Topliss-reactive ketones (excluding diaryl/α,β-unsaturated/α-hetero) is 2. The van der Waals surface area contributed by atoms with Gasteiger partial charge in [0.05, 0.1) is 5.70 Å². The second kappa shape index (κ2) is 5.71. The van der Waals surface area contributed by atoms with Gasteiger partial charge in [0.2, 0.25) is 0 Å². The topological polar surface area (TPSA) is 46.2 Å². The zero-order valence-electron chi connectivity index (χ0n) is 13.9. The Balaban J connectivity index is 1.98. The number of hydrogen-bond donors (Lipinski definition) is 1. The molecule has 2 aromatic carbocycles. The van der Waals surface area contributed by atoms with Gasteiger partial charge in [-0.1, -0.05) is 48.0 Å². The van der Waals surface area contributed by atoms with Gasteiger partial charge in [-0.2, -0.15) is 0 Å². The lowest BCUT2D eigenvalue weighted by atomic mass is 9.78. The highest BCUT2D eigenvalue weighted by molar-refractivity contribution is 6.30. The highest BCUT2D eigenvalue weighted by Gasteiger charge is 2.41. The molecule has 0 aromatic heterocycles. The van der Waals surface area contributed by atoms with E-state index >= 15 is 0 Å². The van der Waals surface area contributed by atoms with Crippen LogP contribution in [0.25, 0.3) is 5.70 Å². The Morgan fingerprint density at radius 1 is 1.08 bits per heavy atom. The van der Waals surface area contributed by atoms with Crippen LogP contribution in [0.5, 0.6) is 0 Å². The van der Waals surface area contributed by atoms with Gasteiger partial charge in [-0.3, -0.25) is 9.59 Å². The number of allylic oxidation sites excluding steroid dienone is 3. The van der Waals surface area contributed by atoms with Crippen LogP contribution >= 0.6 is 11.6 Å². The molecular weight excluding hydrogens is 334 g/mol. The highest BCUT2D eigenvalue weighted by atomic mass is 35.5. The first kappa shape index (κ1) is 15.9. The Morgan fingerprint density at radius 3 is 2.48 bits per heavy atom. The van der Waals surface area contributed by atoms with Crippen molar-refractivity contribution < 1.29 is 9.59 Å². The number of rotatable bonds is 2. The van der Waals surface area contributed by atoms with Crippen molar-refractivity contribution in [2.45, 2.75) is 19.8 Å². The first-order valence-corrected chi connectivity index (χ1v) is 8.49. The highest BCUT2D eigenvalue weighted by Crippen LogP contribution is 2.46. The van der Waals surface area contributed by atoms with Gasteiger partial charge in [-0.25, -0.2) is 0 Å². The molecule has 0 radical (unpaired) electrons. The van der Waals surface area contributed by atoms with E-state index in [-0.39, 0.29) is 11.6 Å². The molecule has 1 atom stereocenters. The summed E-state index contributed by atoms with van der Waals surface area (Å²) in [4.78, 5) is 25.5. The molecule has 124 valence electrons. The van der Waals surface area contributed by atoms with E-state index in [0.29, 0.717) is 21.7 Å². The van der Waals surface area contributed by atoms with Gasteiger partial charge in [0, 0.05) is 38.9 Å². The van der Waals surface area contributed by atoms with Gasteiger partial charge in [0.15, 0.2) is 11.6 Å². The van der Waals surface area contributed by atoms with Crippen LogP contribution in [0.4, 0.5) is 0 Å². The van der Waals surface area contributed by atoms with Crippen molar-refractivity contribution in [1.29, 1.82) is 0 Å². The van der Waals surface area contributed by atoms with Crippen LogP contribution in [0, 0.1) is 0 Å². The molecule has 0 bridgehead atoms. The molecule has 4 heteroatoms. The first-order chi connectivity index (χ1) is 12.0. The van der Waals surface area contributed by atoms with Crippen LogP contribution in [0.2, 0.25) is 5.02 Å². The van der Waals surface area contributed by atoms with E-state index in [1.807, 2.05) is 49.4 Å². The molecule has 1 heterocycles. The molecule has 0 amide bonds. The van der Waals surface area contributed by atoms with Crippen LogP contribution in [-0.4, -0.2) is 11.6 Å². The molecule has 0 saturated carbocycles. The van der Waals surface area contributed by atoms with E-state index in [9.17, 15) is 9.59 Å². The maximum atomic E-state index is 13.1. The zero-order valence-corrected chi connectivity index (χ0v) is 14.6. The summed E-state index contributed by atoms with van der Waals surface area (Å²) in [7, 11) is 0. The van der Waals surface area contributed by atoms with Gasteiger partial charge in [0.25, 0.3) is 0 Å². The first-order valence-electron chi connectivity index (χ1n) is 8.11. The minimum atomic E-state index is -0.410. The molecule has 2 aliphatic rings. The summed E-state index contributed by atoms with van der Waals surface area (Å²) in [5, 5.41) is 3.88. The summed E-state index contributed by atoms with van der Waals surface area (Å²) in [5.74, 6) is -0.494. The van der Waals surface area contributed by atoms with E-state index in [0.717, 1.165) is 22.5 Å². The number of dihydropyridines is 1. The summed E-state index contributed by atoms with van der Waals surface area (Å²) in [5.41, 5.74) is 5.23. The van der Waals surface area contributed by atoms with Crippen LogP contribution < -0.4 is 5.32 Å². The lowest BCUT2D eigenvalue weighted by Gasteiger charge is -2.29. The molecule has 1 aliphatic heterocycles. The van der Waals surface area contributed by atoms with Crippen molar-refractivity contribution in [3.63, 3.8) is 0 Å². The average molecular weight is 350 g/mol. The maximum Gasteiger partial charge on any atom is 0.192 e. The standard InChI is InChI=1S/C21H16ClNO2/c1-11-17(12(2)24)18(13-6-5-7-14(22)10-13)19-20(23-11)15-8-3-4-9-16(15)21(19)25/h3-10,18,23H,1-2H3. The largest absolute Gasteiger partial charge is 0.358 e. The quantitative estimate of drug-likeness (QED) is 0.868. The maximum absolute atomic E-state index is 13.1. The summed E-state index contributed by atoms with van der Waals surface area (Å²) < 4.78 is 0. The van der Waals surface area contributed by atoms with Gasteiger partial charge >= 0.3 is 0 Å². The molecular formula is C21H16ClNO2. The predicted molar refractivity (Wildman–Crippen MR) is 98.4 cm³/mol. The van der Waals surface area contributed by atoms with E-state index in [1.54, 1.807) is 6.07 Å². The number of carbonyl (C=O) groups is 2. The third-order valence-corrected chi connectivity index (χ3v) is 5.05. The Morgan fingerprint density at radius 2 is 1.80 bits per heavy atom. The normalized spacial score (nSPS) is 18.8. The number of nitrogens with one attached hydrogen (secondary N) is 1. The third-order valence-electron chi connectivity index (χ3n) is 4.81. The molecule has 0 saturated heterocycles. The molecule has 1 aliphatic carbocycles. The van der Waals surface area contributed by atoms with E-state index < -0.39 is 5.92 Å². The van der Waals surface area contributed by atoms with Crippen molar-refractivity contribution in [1.82, 2.24) is 5.32 Å². The summed E-state index contributed by atoms with van der Waals surface area (Å²) in [6.07, 6.45) is 0. The lowest BCUT2D eigenvalue weighted by Crippen LogP contribution is -2.27. The van der Waals surface area contributed by atoms with Gasteiger partial charge < -0.3 is 5.32 Å². The van der Waals surface area contributed by atoms with E-state index in [1.165, 1.54) is 6.92 Å². The molecule has 0 spiro atoms. The van der Waals surface area contributed by atoms with Gasteiger partial charge in [-0.15, -0.1) is 0 Å².